The normalized spacial score (nSPS) is 15.4. The first-order valence-electron chi connectivity index (χ1n) is 14.3. The minimum Gasteiger partial charge on any atom is -0.379 e. The second-order valence-electron chi connectivity index (χ2n) is 10.6. The Morgan fingerprint density at radius 2 is 1.60 bits per heavy atom. The number of aromatic nitrogens is 1. The molecule has 1 fully saturated rings. The van der Waals surface area contributed by atoms with Crippen molar-refractivity contribution in [2.24, 2.45) is 0 Å². The number of sulfonamides is 1. The number of nitrogens with zero attached hydrogens (tertiary/aromatic N) is 2. The van der Waals surface area contributed by atoms with E-state index in [1.54, 1.807) is 24.5 Å². The first-order valence-corrected chi connectivity index (χ1v) is 16.6. The molecule has 1 aliphatic heterocycles. The molecule has 2 N–H and O–H groups in total. The van der Waals surface area contributed by atoms with Gasteiger partial charge in [-0.05, 0) is 91.3 Å². The molecule has 0 radical (unpaired) electrons. The van der Waals surface area contributed by atoms with E-state index in [0.717, 1.165) is 53.7 Å². The van der Waals surface area contributed by atoms with E-state index in [4.69, 9.17) is 4.74 Å². The Morgan fingerprint density at radius 3 is 2.37 bits per heavy atom. The number of ether oxygens (including phenoxy) is 1. The van der Waals surface area contributed by atoms with Crippen LogP contribution in [0.5, 0.6) is 0 Å². The highest BCUT2D eigenvalue weighted by Crippen LogP contribution is 2.39. The SMILES string of the molecule is O=C(Nc1sc2c(c1C(=O)Nc1ccc(Cc3ccncc3)cc1)CCCC2)c1cccc(S(=O)(=O)N2CCOCC2)c1. The van der Waals surface area contributed by atoms with E-state index < -0.39 is 15.9 Å². The lowest BCUT2D eigenvalue weighted by Crippen LogP contribution is -2.40. The molecule has 4 aromatic rings. The molecule has 11 heteroatoms. The molecule has 222 valence electrons. The van der Waals surface area contributed by atoms with Gasteiger partial charge in [0.25, 0.3) is 11.8 Å². The predicted octanol–water partition coefficient (Wildman–Crippen LogP) is 5.14. The zero-order chi connectivity index (χ0) is 29.8. The Bertz CT molecular complexity index is 1730. The molecule has 2 aromatic heterocycles. The maximum atomic E-state index is 13.7. The van der Waals surface area contributed by atoms with Crippen LogP contribution in [-0.2, 0) is 34.0 Å². The van der Waals surface area contributed by atoms with E-state index in [1.165, 1.54) is 27.8 Å². The molecule has 43 heavy (non-hydrogen) atoms. The summed E-state index contributed by atoms with van der Waals surface area (Å²) in [5.74, 6) is -0.743. The molecule has 1 saturated heterocycles. The molecular weight excluding hydrogens is 585 g/mol. The van der Waals surface area contributed by atoms with Gasteiger partial charge in [-0.3, -0.25) is 14.6 Å². The van der Waals surface area contributed by atoms with Gasteiger partial charge in [0.05, 0.1) is 23.7 Å². The molecule has 0 atom stereocenters. The third-order valence-corrected chi connectivity index (χ3v) is 10.8. The minimum atomic E-state index is -3.76. The number of pyridine rings is 1. The Hall–Kier alpha value is -3.90. The van der Waals surface area contributed by atoms with Crippen LogP contribution in [0.15, 0.2) is 78.0 Å². The maximum absolute atomic E-state index is 13.7. The lowest BCUT2D eigenvalue weighted by Gasteiger charge is -2.26. The van der Waals surface area contributed by atoms with Crippen molar-refractivity contribution in [3.63, 3.8) is 0 Å². The summed E-state index contributed by atoms with van der Waals surface area (Å²) in [5.41, 5.74) is 4.59. The number of benzene rings is 2. The lowest BCUT2D eigenvalue weighted by atomic mass is 9.95. The quantitative estimate of drug-likeness (QED) is 0.283. The van der Waals surface area contributed by atoms with Gasteiger partial charge in [0, 0.05) is 41.6 Å². The first-order chi connectivity index (χ1) is 20.9. The van der Waals surface area contributed by atoms with Gasteiger partial charge in [-0.15, -0.1) is 11.3 Å². The molecular formula is C32H32N4O5S2. The minimum absolute atomic E-state index is 0.0536. The third kappa shape index (κ3) is 6.54. The molecule has 0 unspecified atom stereocenters. The molecule has 0 bridgehead atoms. The molecule has 1 aliphatic carbocycles. The van der Waals surface area contributed by atoms with Crippen molar-refractivity contribution < 1.29 is 22.7 Å². The number of hydrogen-bond donors (Lipinski definition) is 2. The molecule has 2 amide bonds. The summed E-state index contributed by atoms with van der Waals surface area (Å²) in [4.78, 5) is 32.3. The van der Waals surface area contributed by atoms with Gasteiger partial charge < -0.3 is 15.4 Å². The summed E-state index contributed by atoms with van der Waals surface area (Å²) in [5, 5.41) is 6.42. The second kappa shape index (κ2) is 12.8. The number of hydrogen-bond acceptors (Lipinski definition) is 7. The van der Waals surface area contributed by atoms with E-state index in [2.05, 4.69) is 15.6 Å². The van der Waals surface area contributed by atoms with E-state index in [0.29, 0.717) is 29.5 Å². The highest BCUT2D eigenvalue weighted by molar-refractivity contribution is 7.89. The largest absolute Gasteiger partial charge is 0.379 e. The average molecular weight is 617 g/mol. The smallest absolute Gasteiger partial charge is 0.258 e. The fraction of sp³-hybridized carbons (Fsp3) is 0.281. The second-order valence-corrected chi connectivity index (χ2v) is 13.6. The summed E-state index contributed by atoms with van der Waals surface area (Å²) >= 11 is 1.42. The van der Waals surface area contributed by atoms with Gasteiger partial charge in [-0.1, -0.05) is 18.2 Å². The number of anilines is 2. The van der Waals surface area contributed by atoms with Gasteiger partial charge >= 0.3 is 0 Å². The zero-order valence-electron chi connectivity index (χ0n) is 23.5. The van der Waals surface area contributed by atoms with Crippen LogP contribution in [0.1, 0.15) is 55.1 Å². The fourth-order valence-corrected chi connectivity index (χ4v) is 8.18. The number of amides is 2. The summed E-state index contributed by atoms with van der Waals surface area (Å²) < 4.78 is 33.0. The van der Waals surface area contributed by atoms with Crippen molar-refractivity contribution in [1.29, 1.82) is 0 Å². The fourth-order valence-electron chi connectivity index (χ4n) is 5.44. The summed E-state index contributed by atoms with van der Waals surface area (Å²) in [6.45, 7) is 1.21. The number of carbonyl (C=O) groups excluding carboxylic acids is 2. The number of morpholine rings is 1. The van der Waals surface area contributed by atoms with Crippen LogP contribution < -0.4 is 10.6 Å². The van der Waals surface area contributed by atoms with E-state index >= 15 is 0 Å². The summed E-state index contributed by atoms with van der Waals surface area (Å²) in [6.07, 6.45) is 7.93. The van der Waals surface area contributed by atoms with E-state index in [-0.39, 0.29) is 29.5 Å². The molecule has 9 nitrogen and oxygen atoms in total. The molecule has 2 aliphatic rings. The van der Waals surface area contributed by atoms with Gasteiger partial charge in [-0.2, -0.15) is 4.31 Å². The van der Waals surface area contributed by atoms with Crippen molar-refractivity contribution in [2.45, 2.75) is 37.0 Å². The van der Waals surface area contributed by atoms with E-state index in [9.17, 15) is 18.0 Å². The number of thiophene rings is 1. The predicted molar refractivity (Wildman–Crippen MR) is 166 cm³/mol. The zero-order valence-corrected chi connectivity index (χ0v) is 25.2. The Labute approximate surface area is 255 Å². The number of nitrogens with one attached hydrogen (secondary N) is 2. The van der Waals surface area contributed by atoms with Crippen molar-refractivity contribution in [1.82, 2.24) is 9.29 Å². The van der Waals surface area contributed by atoms with Gasteiger partial charge in [0.15, 0.2) is 0 Å². The Morgan fingerprint density at radius 1 is 0.884 bits per heavy atom. The topological polar surface area (TPSA) is 118 Å². The third-order valence-electron chi connectivity index (χ3n) is 7.70. The highest BCUT2D eigenvalue weighted by atomic mass is 32.2. The van der Waals surface area contributed by atoms with Crippen LogP contribution in [0.25, 0.3) is 0 Å². The van der Waals surface area contributed by atoms with Gasteiger partial charge in [0.2, 0.25) is 10.0 Å². The van der Waals surface area contributed by atoms with Gasteiger partial charge in [0.1, 0.15) is 5.00 Å². The van der Waals surface area contributed by atoms with Crippen LogP contribution >= 0.6 is 11.3 Å². The molecule has 6 rings (SSSR count). The lowest BCUT2D eigenvalue weighted by molar-refractivity contribution is 0.0730. The van der Waals surface area contributed by atoms with Crippen molar-refractivity contribution in [2.75, 3.05) is 36.9 Å². The molecule has 3 heterocycles. The number of carbonyl (C=O) groups is 2. The number of aryl methyl sites for hydroxylation is 1. The van der Waals surface area contributed by atoms with Crippen LogP contribution in [0, 0.1) is 0 Å². The van der Waals surface area contributed by atoms with Crippen LogP contribution in [0.2, 0.25) is 0 Å². The monoisotopic (exact) mass is 616 g/mol. The number of rotatable bonds is 8. The summed E-state index contributed by atoms with van der Waals surface area (Å²) in [6, 6.07) is 17.7. The number of fused-ring (bicyclic) bond motifs is 1. The van der Waals surface area contributed by atoms with Crippen LogP contribution in [0.4, 0.5) is 10.7 Å². The van der Waals surface area contributed by atoms with E-state index in [1.807, 2.05) is 36.4 Å². The van der Waals surface area contributed by atoms with Gasteiger partial charge in [-0.25, -0.2) is 8.42 Å². The highest BCUT2D eigenvalue weighted by Gasteiger charge is 2.29. The van der Waals surface area contributed by atoms with Crippen molar-refractivity contribution in [3.05, 3.63) is 106 Å². The Kier molecular flexibility index (Phi) is 8.66. The van der Waals surface area contributed by atoms with Crippen molar-refractivity contribution >= 4 is 43.9 Å². The standard InChI is InChI=1S/C32H32N4O5S2/c37-30(24-4-3-5-26(21-24)43(39,40)36-16-18-41-19-17-36)35-32-29(27-6-1-2-7-28(27)42-32)31(38)34-25-10-8-22(9-11-25)20-23-12-14-33-15-13-23/h3-5,8-15,21H,1-2,6-7,16-20H2,(H,34,38)(H,35,37). The van der Waals surface area contributed by atoms with Crippen molar-refractivity contribution in [3.8, 4) is 0 Å². The average Bonchev–Trinajstić information content (AvgIpc) is 3.41. The molecule has 2 aromatic carbocycles. The maximum Gasteiger partial charge on any atom is 0.258 e. The van der Waals surface area contributed by atoms with Crippen LogP contribution in [0.3, 0.4) is 0 Å². The molecule has 0 saturated carbocycles. The Balaban J connectivity index is 1.21. The van der Waals surface area contributed by atoms with Crippen LogP contribution in [-0.4, -0.2) is 55.8 Å². The first kappa shape index (κ1) is 29.2. The summed E-state index contributed by atoms with van der Waals surface area (Å²) in [7, 11) is -3.76. The molecule has 0 spiro atoms.